The van der Waals surface area contributed by atoms with Gasteiger partial charge in [-0.3, -0.25) is 9.47 Å². The van der Waals surface area contributed by atoms with Crippen molar-refractivity contribution in [1.82, 2.24) is 0 Å². The number of rotatable bonds is 3. The first-order valence-electron chi connectivity index (χ1n) is 4.73. The Kier molecular flexibility index (Phi) is 3.97. The maximum Gasteiger partial charge on any atom is 0.524 e. The SMILES string of the molecule is [CH2]CC1C[CH]C(OC(F)(F)F)(OC(F)(F)F)C1. The molecule has 2 nitrogen and oxygen atoms in total. The van der Waals surface area contributed by atoms with Crippen LogP contribution in [0, 0.1) is 19.3 Å². The number of hydrogen-bond donors (Lipinski definition) is 0. The molecule has 100 valence electrons. The Hall–Kier alpha value is -0.500. The molecular formula is C9H10F6O2. The molecule has 1 saturated carbocycles. The van der Waals surface area contributed by atoms with Crippen molar-refractivity contribution < 1.29 is 35.8 Å². The van der Waals surface area contributed by atoms with Crippen LogP contribution < -0.4 is 0 Å². The molecule has 1 fully saturated rings. The molecule has 0 bridgehead atoms. The van der Waals surface area contributed by atoms with Gasteiger partial charge < -0.3 is 0 Å². The van der Waals surface area contributed by atoms with E-state index >= 15 is 0 Å². The van der Waals surface area contributed by atoms with Crippen molar-refractivity contribution >= 4 is 0 Å². The number of hydrogen-bond acceptors (Lipinski definition) is 2. The highest BCUT2D eigenvalue weighted by molar-refractivity contribution is 4.98. The van der Waals surface area contributed by atoms with Crippen molar-refractivity contribution in [3.63, 3.8) is 0 Å². The van der Waals surface area contributed by atoms with Gasteiger partial charge in [0.25, 0.3) is 0 Å². The number of alkyl halides is 6. The summed E-state index contributed by atoms with van der Waals surface area (Å²) in [7, 11) is 0. The zero-order valence-corrected chi connectivity index (χ0v) is 8.57. The van der Waals surface area contributed by atoms with Gasteiger partial charge in [-0.15, -0.1) is 26.3 Å². The third kappa shape index (κ3) is 4.71. The van der Waals surface area contributed by atoms with Crippen molar-refractivity contribution in [1.29, 1.82) is 0 Å². The minimum Gasteiger partial charge on any atom is -0.259 e. The molecule has 0 heterocycles. The number of ether oxygens (including phenoxy) is 2. The first kappa shape index (κ1) is 14.6. The lowest BCUT2D eigenvalue weighted by molar-refractivity contribution is -0.468. The van der Waals surface area contributed by atoms with Gasteiger partial charge in [0.2, 0.25) is 0 Å². The van der Waals surface area contributed by atoms with Crippen LogP contribution in [0.2, 0.25) is 0 Å². The minimum atomic E-state index is -5.20. The highest BCUT2D eigenvalue weighted by Gasteiger charge is 2.54. The Balaban J connectivity index is 2.79. The van der Waals surface area contributed by atoms with E-state index in [1.165, 1.54) is 0 Å². The molecule has 1 aliphatic rings. The molecule has 0 aromatic heterocycles. The monoisotopic (exact) mass is 264 g/mol. The predicted molar refractivity (Wildman–Crippen MR) is 44.0 cm³/mol. The van der Waals surface area contributed by atoms with E-state index in [1.54, 1.807) is 0 Å². The fourth-order valence-corrected chi connectivity index (χ4v) is 1.71. The quantitative estimate of drug-likeness (QED) is 0.572. The zero-order chi connectivity index (χ0) is 13.3. The number of halogens is 6. The van der Waals surface area contributed by atoms with Gasteiger partial charge in [0.05, 0.1) is 0 Å². The van der Waals surface area contributed by atoms with Gasteiger partial charge >= 0.3 is 12.7 Å². The van der Waals surface area contributed by atoms with E-state index in [2.05, 4.69) is 16.4 Å². The third-order valence-electron chi connectivity index (χ3n) is 2.32. The van der Waals surface area contributed by atoms with E-state index in [9.17, 15) is 26.3 Å². The van der Waals surface area contributed by atoms with Gasteiger partial charge in [0, 0.05) is 12.8 Å². The summed E-state index contributed by atoms with van der Waals surface area (Å²) in [6.07, 6.45) is -9.91. The zero-order valence-electron chi connectivity index (χ0n) is 8.57. The van der Waals surface area contributed by atoms with Crippen LogP contribution in [0.4, 0.5) is 26.3 Å². The maximum absolute atomic E-state index is 12.1. The molecule has 1 rings (SSSR count). The molecule has 0 spiro atoms. The van der Waals surface area contributed by atoms with Crippen LogP contribution in [0.5, 0.6) is 0 Å². The van der Waals surface area contributed by atoms with E-state index in [4.69, 9.17) is 0 Å². The Bertz CT molecular complexity index is 243. The smallest absolute Gasteiger partial charge is 0.259 e. The predicted octanol–water partition coefficient (Wildman–Crippen LogP) is 3.59. The molecule has 1 atom stereocenters. The highest BCUT2D eigenvalue weighted by atomic mass is 19.4. The molecular weight excluding hydrogens is 254 g/mol. The summed E-state index contributed by atoms with van der Waals surface area (Å²) in [4.78, 5) is 0. The Labute approximate surface area is 93.9 Å². The lowest BCUT2D eigenvalue weighted by Crippen LogP contribution is -2.43. The van der Waals surface area contributed by atoms with Crippen LogP contribution in [0.15, 0.2) is 0 Å². The van der Waals surface area contributed by atoms with Crippen molar-refractivity contribution in [3.8, 4) is 0 Å². The second-order valence-corrected chi connectivity index (χ2v) is 3.71. The first-order valence-corrected chi connectivity index (χ1v) is 4.73. The molecule has 0 aromatic rings. The first-order chi connectivity index (χ1) is 7.55. The van der Waals surface area contributed by atoms with E-state index in [0.29, 0.717) is 0 Å². The van der Waals surface area contributed by atoms with Crippen LogP contribution in [0.3, 0.4) is 0 Å². The normalized spacial score (nSPS) is 25.2. The summed E-state index contributed by atoms with van der Waals surface area (Å²) in [6, 6.07) is 0. The summed E-state index contributed by atoms with van der Waals surface area (Å²) >= 11 is 0. The van der Waals surface area contributed by atoms with Crippen molar-refractivity contribution in [3.05, 3.63) is 13.3 Å². The third-order valence-corrected chi connectivity index (χ3v) is 2.32. The lowest BCUT2D eigenvalue weighted by Gasteiger charge is -2.30. The Morgan fingerprint density at radius 2 is 1.59 bits per heavy atom. The molecule has 8 heteroatoms. The minimum absolute atomic E-state index is 0.0374. The van der Waals surface area contributed by atoms with Crippen LogP contribution >= 0.6 is 0 Å². The molecule has 2 radical (unpaired) electrons. The van der Waals surface area contributed by atoms with Crippen LogP contribution in [-0.2, 0) is 9.47 Å². The van der Waals surface area contributed by atoms with E-state index in [0.717, 1.165) is 6.42 Å². The average Bonchev–Trinajstić information content (AvgIpc) is 2.41. The Morgan fingerprint density at radius 1 is 1.12 bits per heavy atom. The second-order valence-electron chi connectivity index (χ2n) is 3.71. The topological polar surface area (TPSA) is 18.5 Å². The lowest BCUT2D eigenvalue weighted by atomic mass is 10.1. The molecule has 0 amide bonds. The summed E-state index contributed by atoms with van der Waals surface area (Å²) in [5.41, 5.74) is 0. The fourth-order valence-electron chi connectivity index (χ4n) is 1.71. The largest absolute Gasteiger partial charge is 0.524 e. The van der Waals surface area contributed by atoms with Crippen LogP contribution in [0.25, 0.3) is 0 Å². The molecule has 0 saturated heterocycles. The summed E-state index contributed by atoms with van der Waals surface area (Å²) in [5.74, 6) is -3.20. The van der Waals surface area contributed by atoms with Gasteiger partial charge in [-0.2, -0.15) is 0 Å². The molecule has 1 aliphatic carbocycles. The second kappa shape index (κ2) is 4.64. The average molecular weight is 264 g/mol. The maximum atomic E-state index is 12.1. The van der Waals surface area contributed by atoms with Crippen LogP contribution in [-0.4, -0.2) is 18.5 Å². The van der Waals surface area contributed by atoms with Gasteiger partial charge in [-0.1, -0.05) is 13.3 Å². The molecule has 1 unspecified atom stereocenters. The van der Waals surface area contributed by atoms with Crippen molar-refractivity contribution in [2.24, 2.45) is 5.92 Å². The summed E-state index contributed by atoms with van der Waals surface area (Å²) < 4.78 is 79.3. The summed E-state index contributed by atoms with van der Waals surface area (Å²) in [5, 5.41) is 0. The molecule has 0 aromatic carbocycles. The van der Waals surface area contributed by atoms with Crippen molar-refractivity contribution in [2.45, 2.75) is 37.8 Å². The van der Waals surface area contributed by atoms with Gasteiger partial charge in [0.15, 0.2) is 5.79 Å². The Morgan fingerprint density at radius 3 is 1.88 bits per heavy atom. The highest BCUT2D eigenvalue weighted by Crippen LogP contribution is 2.45. The van der Waals surface area contributed by atoms with E-state index < -0.39 is 30.9 Å². The van der Waals surface area contributed by atoms with Crippen molar-refractivity contribution in [2.75, 3.05) is 0 Å². The van der Waals surface area contributed by atoms with E-state index in [-0.39, 0.29) is 12.8 Å². The van der Waals surface area contributed by atoms with Gasteiger partial charge in [-0.25, -0.2) is 0 Å². The summed E-state index contributed by atoms with van der Waals surface area (Å²) in [6.45, 7) is 3.43. The molecule has 17 heavy (non-hydrogen) atoms. The fraction of sp³-hybridized carbons (Fsp3) is 0.778. The molecule has 0 N–H and O–H groups in total. The van der Waals surface area contributed by atoms with E-state index in [1.807, 2.05) is 0 Å². The van der Waals surface area contributed by atoms with Crippen LogP contribution in [0.1, 0.15) is 19.3 Å². The van der Waals surface area contributed by atoms with Gasteiger partial charge in [0.1, 0.15) is 0 Å². The molecule has 0 aliphatic heterocycles. The standard InChI is InChI=1S/C9H10F6O2/c1-2-6-3-4-7(5-6,16-8(10,11)12)17-9(13,14)15/h4,6H,1-3,5H2. The van der Waals surface area contributed by atoms with Gasteiger partial charge in [-0.05, 0) is 12.3 Å².